The summed E-state index contributed by atoms with van der Waals surface area (Å²) >= 11 is 6.02. The Morgan fingerprint density at radius 2 is 1.93 bits per heavy atom. The van der Waals surface area contributed by atoms with Crippen molar-refractivity contribution in [2.24, 2.45) is 0 Å². The number of nitrogens with zero attached hydrogens (tertiary/aromatic N) is 4. The molecule has 7 heteroatoms. The molecule has 0 radical (unpaired) electrons. The lowest BCUT2D eigenvalue weighted by Gasteiger charge is -2.38. The maximum absolute atomic E-state index is 13.3. The van der Waals surface area contributed by atoms with Crippen molar-refractivity contribution in [3.05, 3.63) is 52.4 Å². The van der Waals surface area contributed by atoms with Gasteiger partial charge in [-0.1, -0.05) is 30.7 Å². The van der Waals surface area contributed by atoms with E-state index in [1.807, 2.05) is 36.2 Å². The molecule has 0 saturated carbocycles. The van der Waals surface area contributed by atoms with Gasteiger partial charge in [0.15, 0.2) is 0 Å². The van der Waals surface area contributed by atoms with E-state index in [4.69, 9.17) is 11.6 Å². The highest BCUT2D eigenvalue weighted by Crippen LogP contribution is 2.37. The summed E-state index contributed by atoms with van der Waals surface area (Å²) in [5, 5.41) is 3.85. The minimum absolute atomic E-state index is 0.169. The summed E-state index contributed by atoms with van der Waals surface area (Å²) in [5.41, 5.74) is 3.50. The van der Waals surface area contributed by atoms with Crippen LogP contribution in [0.1, 0.15) is 42.0 Å². The van der Waals surface area contributed by atoms with Gasteiger partial charge in [0.1, 0.15) is 12.1 Å². The molecule has 6 nitrogen and oxygen atoms in total. The number of hydrogen-bond donors (Lipinski definition) is 1. The number of aromatic nitrogens is 2. The zero-order valence-corrected chi connectivity index (χ0v) is 17.8. The fraction of sp³-hybridized carbons (Fsp3) is 0.500. The standard InChI is InChI=1S/C22H28ClN5O/c1-15-3-8-19-20(15)21(26-14-25-19)27-9-11-28(12-10-27)22(29)18(13-24-2)16-4-6-17(23)7-5-16/h4-7,14-15,18,24H,3,8-13H2,1-2H3. The summed E-state index contributed by atoms with van der Waals surface area (Å²) in [7, 11) is 1.88. The van der Waals surface area contributed by atoms with E-state index in [2.05, 4.69) is 27.1 Å². The molecule has 1 saturated heterocycles. The first kappa shape index (κ1) is 20.1. The van der Waals surface area contributed by atoms with E-state index in [1.165, 1.54) is 11.3 Å². The van der Waals surface area contributed by atoms with E-state index < -0.39 is 0 Å². The molecule has 0 spiro atoms. The minimum Gasteiger partial charge on any atom is -0.353 e. The van der Waals surface area contributed by atoms with Gasteiger partial charge >= 0.3 is 0 Å². The molecule has 29 heavy (non-hydrogen) atoms. The third-order valence-electron chi connectivity index (χ3n) is 6.12. The number of piperazine rings is 1. The van der Waals surface area contributed by atoms with Gasteiger partial charge in [-0.05, 0) is 43.5 Å². The first-order valence-corrected chi connectivity index (χ1v) is 10.7. The van der Waals surface area contributed by atoms with Crippen molar-refractivity contribution in [2.75, 3.05) is 44.7 Å². The molecule has 1 fully saturated rings. The van der Waals surface area contributed by atoms with Gasteiger partial charge in [0, 0.05) is 49.0 Å². The van der Waals surface area contributed by atoms with Gasteiger partial charge < -0.3 is 15.1 Å². The molecule has 154 valence electrons. The maximum Gasteiger partial charge on any atom is 0.231 e. The fourth-order valence-corrected chi connectivity index (χ4v) is 4.61. The molecule has 4 rings (SSSR count). The lowest BCUT2D eigenvalue weighted by Crippen LogP contribution is -2.51. The van der Waals surface area contributed by atoms with E-state index in [0.29, 0.717) is 30.6 Å². The van der Waals surface area contributed by atoms with Crippen LogP contribution in [0.3, 0.4) is 0 Å². The average Bonchev–Trinajstić information content (AvgIpc) is 3.14. The third-order valence-corrected chi connectivity index (χ3v) is 6.37. The van der Waals surface area contributed by atoms with Crippen LogP contribution < -0.4 is 10.2 Å². The number of anilines is 1. The van der Waals surface area contributed by atoms with Crippen LogP contribution in [0.5, 0.6) is 0 Å². The number of carbonyl (C=O) groups is 1. The highest BCUT2D eigenvalue weighted by Gasteiger charge is 2.31. The Balaban J connectivity index is 1.46. The number of hydrogen-bond acceptors (Lipinski definition) is 5. The monoisotopic (exact) mass is 413 g/mol. The number of halogens is 1. The van der Waals surface area contributed by atoms with Gasteiger partial charge in [0.05, 0.1) is 5.92 Å². The van der Waals surface area contributed by atoms with E-state index in [0.717, 1.165) is 37.3 Å². The summed E-state index contributed by atoms with van der Waals surface area (Å²) in [6.07, 6.45) is 3.87. The van der Waals surface area contributed by atoms with Gasteiger partial charge in [-0.25, -0.2) is 9.97 Å². The second kappa shape index (κ2) is 8.67. The molecule has 1 aliphatic heterocycles. The molecule has 2 aliphatic rings. The van der Waals surface area contributed by atoms with Crippen molar-refractivity contribution < 1.29 is 4.79 Å². The molecular weight excluding hydrogens is 386 g/mol. The molecule has 1 aromatic heterocycles. The highest BCUT2D eigenvalue weighted by molar-refractivity contribution is 6.30. The maximum atomic E-state index is 13.3. The Labute approximate surface area is 177 Å². The Bertz CT molecular complexity index is 864. The summed E-state index contributed by atoms with van der Waals surface area (Å²) < 4.78 is 0. The molecule has 2 atom stereocenters. The van der Waals surface area contributed by atoms with Crippen LogP contribution in [0.2, 0.25) is 5.02 Å². The van der Waals surface area contributed by atoms with Crippen LogP contribution in [0.4, 0.5) is 5.82 Å². The van der Waals surface area contributed by atoms with Crippen molar-refractivity contribution in [2.45, 2.75) is 31.6 Å². The topological polar surface area (TPSA) is 61.4 Å². The Kier molecular flexibility index (Phi) is 6.01. The number of carbonyl (C=O) groups excluding carboxylic acids is 1. The Morgan fingerprint density at radius 1 is 1.21 bits per heavy atom. The zero-order chi connectivity index (χ0) is 20.4. The van der Waals surface area contributed by atoms with Crippen LogP contribution in [0, 0.1) is 0 Å². The Morgan fingerprint density at radius 3 is 2.62 bits per heavy atom. The van der Waals surface area contributed by atoms with Crippen LogP contribution in [0.25, 0.3) is 0 Å². The lowest BCUT2D eigenvalue weighted by atomic mass is 9.97. The number of rotatable bonds is 5. The first-order valence-electron chi connectivity index (χ1n) is 10.4. The van der Waals surface area contributed by atoms with E-state index >= 15 is 0 Å². The van der Waals surface area contributed by atoms with Gasteiger partial charge in [-0.2, -0.15) is 0 Å². The highest BCUT2D eigenvalue weighted by atomic mass is 35.5. The number of likely N-dealkylation sites (N-methyl/N-ethyl adjacent to an activating group) is 1. The minimum atomic E-state index is -0.202. The number of amides is 1. The van der Waals surface area contributed by atoms with Crippen molar-refractivity contribution >= 4 is 23.3 Å². The normalized spacial score (nSPS) is 19.9. The van der Waals surface area contributed by atoms with Crippen molar-refractivity contribution in [1.82, 2.24) is 20.2 Å². The van der Waals surface area contributed by atoms with Crippen molar-refractivity contribution in [1.29, 1.82) is 0 Å². The number of fused-ring (bicyclic) bond motifs is 1. The molecule has 2 unspecified atom stereocenters. The largest absolute Gasteiger partial charge is 0.353 e. The quantitative estimate of drug-likeness (QED) is 0.816. The molecule has 1 amide bonds. The predicted molar refractivity (Wildman–Crippen MR) is 116 cm³/mol. The molecule has 1 N–H and O–H groups in total. The first-order chi connectivity index (χ1) is 14.1. The zero-order valence-electron chi connectivity index (χ0n) is 17.1. The van der Waals surface area contributed by atoms with Crippen LogP contribution in [-0.4, -0.2) is 60.5 Å². The third kappa shape index (κ3) is 4.09. The van der Waals surface area contributed by atoms with Gasteiger partial charge in [0.2, 0.25) is 5.91 Å². The summed E-state index contributed by atoms with van der Waals surface area (Å²) in [6, 6.07) is 7.59. The fourth-order valence-electron chi connectivity index (χ4n) is 4.48. The van der Waals surface area contributed by atoms with Crippen LogP contribution >= 0.6 is 11.6 Å². The summed E-state index contributed by atoms with van der Waals surface area (Å²) in [5.74, 6) is 1.54. The van der Waals surface area contributed by atoms with Gasteiger partial charge in [-0.15, -0.1) is 0 Å². The van der Waals surface area contributed by atoms with Crippen LogP contribution in [-0.2, 0) is 11.2 Å². The molecule has 2 heterocycles. The van der Waals surface area contributed by atoms with Gasteiger partial charge in [0.25, 0.3) is 0 Å². The molecule has 1 aromatic carbocycles. The summed E-state index contributed by atoms with van der Waals surface area (Å²) in [6.45, 7) is 5.88. The van der Waals surface area contributed by atoms with E-state index in [1.54, 1.807) is 6.33 Å². The molecule has 0 bridgehead atoms. The smallest absolute Gasteiger partial charge is 0.231 e. The van der Waals surface area contributed by atoms with E-state index in [-0.39, 0.29) is 11.8 Å². The second-order valence-electron chi connectivity index (χ2n) is 7.97. The second-order valence-corrected chi connectivity index (χ2v) is 8.41. The number of aryl methyl sites for hydroxylation is 1. The van der Waals surface area contributed by atoms with Crippen molar-refractivity contribution in [3.63, 3.8) is 0 Å². The molecule has 1 aliphatic carbocycles. The summed E-state index contributed by atoms with van der Waals surface area (Å²) in [4.78, 5) is 26.6. The van der Waals surface area contributed by atoms with Gasteiger partial charge in [-0.3, -0.25) is 4.79 Å². The van der Waals surface area contributed by atoms with E-state index in [9.17, 15) is 4.79 Å². The lowest BCUT2D eigenvalue weighted by molar-refractivity contribution is -0.133. The number of nitrogens with one attached hydrogen (secondary N) is 1. The predicted octanol–water partition coefficient (Wildman–Crippen LogP) is 2.83. The Hall–Kier alpha value is -2.18. The number of benzene rings is 1. The average molecular weight is 414 g/mol. The SMILES string of the molecule is CNCC(C(=O)N1CCN(c2ncnc3c2C(C)CC3)CC1)c1ccc(Cl)cc1. The van der Waals surface area contributed by atoms with Crippen LogP contribution in [0.15, 0.2) is 30.6 Å². The molecule has 2 aromatic rings. The van der Waals surface area contributed by atoms with Crippen molar-refractivity contribution in [3.8, 4) is 0 Å². The molecular formula is C22H28ClN5O.